The maximum absolute atomic E-state index is 11.5. The monoisotopic (exact) mass is 290 g/mol. The molecule has 0 saturated carbocycles. The van der Waals surface area contributed by atoms with Gasteiger partial charge in [0, 0.05) is 17.6 Å². The number of halogens is 1. The number of benzene rings is 1. The first-order chi connectivity index (χ1) is 8.35. The van der Waals surface area contributed by atoms with E-state index in [-0.39, 0.29) is 11.8 Å². The molecule has 0 heterocycles. The Morgan fingerprint density at radius 1 is 1.28 bits per heavy atom. The summed E-state index contributed by atoms with van der Waals surface area (Å²) in [4.78, 5) is 1.97. The molecule has 1 aromatic rings. The van der Waals surface area contributed by atoms with Gasteiger partial charge in [0.2, 0.25) is 10.0 Å². The van der Waals surface area contributed by atoms with Crippen LogP contribution in [0.3, 0.4) is 0 Å². The second-order valence-electron chi connectivity index (χ2n) is 4.28. The van der Waals surface area contributed by atoms with Gasteiger partial charge in [-0.2, -0.15) is 0 Å². The van der Waals surface area contributed by atoms with Crippen molar-refractivity contribution in [2.75, 3.05) is 26.4 Å². The Kier molecular flexibility index (Phi) is 5.59. The molecule has 0 saturated heterocycles. The van der Waals surface area contributed by atoms with Crippen molar-refractivity contribution in [3.05, 3.63) is 34.9 Å². The predicted octanol–water partition coefficient (Wildman–Crippen LogP) is 1.88. The quantitative estimate of drug-likeness (QED) is 0.870. The molecule has 102 valence electrons. The van der Waals surface area contributed by atoms with Crippen LogP contribution in [0.4, 0.5) is 0 Å². The summed E-state index contributed by atoms with van der Waals surface area (Å²) in [6.45, 7) is 1.97. The molecule has 1 N–H and O–H groups in total. The number of likely N-dealkylation sites (N-methyl/N-ethyl adjacent to an activating group) is 1. The fraction of sp³-hybridized carbons (Fsp3) is 0.500. The minimum atomic E-state index is -3.17. The smallest absolute Gasteiger partial charge is 0.211 e. The topological polar surface area (TPSA) is 49.4 Å². The first-order valence-electron chi connectivity index (χ1n) is 5.75. The van der Waals surface area contributed by atoms with Crippen molar-refractivity contribution in [3.63, 3.8) is 0 Å². The lowest BCUT2D eigenvalue weighted by molar-refractivity contribution is 0.299. The molecule has 0 amide bonds. The second-order valence-corrected chi connectivity index (χ2v) is 6.81. The molecular weight excluding hydrogens is 272 g/mol. The normalized spacial score (nSPS) is 13.8. The largest absolute Gasteiger partial charge is 0.301 e. The molecule has 0 aliphatic heterocycles. The van der Waals surface area contributed by atoms with Crippen LogP contribution in [0.5, 0.6) is 0 Å². The maximum Gasteiger partial charge on any atom is 0.211 e. The first-order valence-corrected chi connectivity index (χ1v) is 7.78. The minimum Gasteiger partial charge on any atom is -0.301 e. The van der Waals surface area contributed by atoms with Crippen molar-refractivity contribution >= 4 is 21.6 Å². The van der Waals surface area contributed by atoms with Gasteiger partial charge in [0.15, 0.2) is 0 Å². The number of nitrogens with zero attached hydrogens (tertiary/aromatic N) is 1. The summed E-state index contributed by atoms with van der Waals surface area (Å²) in [6, 6.07) is 7.42. The molecule has 0 spiro atoms. The molecule has 1 rings (SSSR count). The SMILES string of the molecule is CCS(=O)(=O)NCC(c1ccc(Cl)cc1)N(C)C. The van der Waals surface area contributed by atoms with E-state index in [4.69, 9.17) is 11.6 Å². The van der Waals surface area contributed by atoms with Crippen LogP contribution in [-0.2, 0) is 10.0 Å². The molecule has 18 heavy (non-hydrogen) atoms. The first kappa shape index (κ1) is 15.4. The third-order valence-corrected chi connectivity index (χ3v) is 4.37. The summed E-state index contributed by atoms with van der Waals surface area (Å²) in [5.74, 6) is 0.0910. The van der Waals surface area contributed by atoms with E-state index >= 15 is 0 Å². The highest BCUT2D eigenvalue weighted by molar-refractivity contribution is 7.89. The number of nitrogens with one attached hydrogen (secondary N) is 1. The zero-order valence-electron chi connectivity index (χ0n) is 10.9. The van der Waals surface area contributed by atoms with Gasteiger partial charge in [-0.25, -0.2) is 13.1 Å². The fourth-order valence-electron chi connectivity index (χ4n) is 1.59. The van der Waals surface area contributed by atoms with Gasteiger partial charge in [0.25, 0.3) is 0 Å². The van der Waals surface area contributed by atoms with Gasteiger partial charge in [0.05, 0.1) is 5.75 Å². The summed E-state index contributed by atoms with van der Waals surface area (Å²) < 4.78 is 25.5. The molecule has 6 heteroatoms. The van der Waals surface area contributed by atoms with E-state index in [1.165, 1.54) is 0 Å². The highest BCUT2D eigenvalue weighted by Crippen LogP contribution is 2.19. The Morgan fingerprint density at radius 3 is 2.28 bits per heavy atom. The number of rotatable bonds is 6. The van der Waals surface area contributed by atoms with Crippen molar-refractivity contribution in [3.8, 4) is 0 Å². The number of sulfonamides is 1. The van der Waals surface area contributed by atoms with E-state index in [1.807, 2.05) is 43.3 Å². The van der Waals surface area contributed by atoms with Gasteiger partial charge >= 0.3 is 0 Å². The van der Waals surface area contributed by atoms with E-state index in [1.54, 1.807) is 6.92 Å². The van der Waals surface area contributed by atoms with Crippen molar-refractivity contribution < 1.29 is 8.42 Å². The Hall–Kier alpha value is -0.620. The lowest BCUT2D eigenvalue weighted by atomic mass is 10.1. The summed E-state index contributed by atoms with van der Waals surface area (Å²) in [5.41, 5.74) is 1.03. The van der Waals surface area contributed by atoms with Crippen LogP contribution in [0, 0.1) is 0 Å². The van der Waals surface area contributed by atoms with Gasteiger partial charge in [0.1, 0.15) is 0 Å². The lowest BCUT2D eigenvalue weighted by Gasteiger charge is -2.25. The van der Waals surface area contributed by atoms with Crippen molar-refractivity contribution in [1.29, 1.82) is 0 Å². The second kappa shape index (κ2) is 6.52. The van der Waals surface area contributed by atoms with E-state index in [0.29, 0.717) is 11.6 Å². The Labute approximate surface area is 114 Å². The molecule has 1 atom stereocenters. The molecule has 4 nitrogen and oxygen atoms in total. The summed E-state index contributed by atoms with van der Waals surface area (Å²) >= 11 is 5.84. The van der Waals surface area contributed by atoms with E-state index in [2.05, 4.69) is 4.72 Å². The van der Waals surface area contributed by atoms with Crippen molar-refractivity contribution in [1.82, 2.24) is 9.62 Å². The Bertz CT molecular complexity index is 471. The van der Waals surface area contributed by atoms with Crippen LogP contribution >= 0.6 is 11.6 Å². The number of hydrogen-bond donors (Lipinski definition) is 1. The molecule has 0 aromatic heterocycles. The van der Waals surface area contributed by atoms with Crippen LogP contribution in [0.15, 0.2) is 24.3 Å². The summed E-state index contributed by atoms with van der Waals surface area (Å²) in [5, 5.41) is 0.672. The third kappa shape index (κ3) is 4.57. The van der Waals surface area contributed by atoms with E-state index < -0.39 is 10.0 Å². The van der Waals surface area contributed by atoms with Gasteiger partial charge in [-0.1, -0.05) is 23.7 Å². The maximum atomic E-state index is 11.5. The van der Waals surface area contributed by atoms with Crippen molar-refractivity contribution in [2.24, 2.45) is 0 Å². The molecule has 0 fully saturated rings. The molecule has 1 unspecified atom stereocenters. The fourth-order valence-corrected chi connectivity index (χ4v) is 2.33. The average Bonchev–Trinajstić information content (AvgIpc) is 2.31. The van der Waals surface area contributed by atoms with Crippen molar-refractivity contribution in [2.45, 2.75) is 13.0 Å². The Balaban J connectivity index is 2.81. The van der Waals surface area contributed by atoms with E-state index in [9.17, 15) is 8.42 Å². The van der Waals surface area contributed by atoms with Crippen LogP contribution in [-0.4, -0.2) is 39.7 Å². The zero-order chi connectivity index (χ0) is 13.8. The van der Waals surface area contributed by atoms with Gasteiger partial charge in [-0.15, -0.1) is 0 Å². The highest BCUT2D eigenvalue weighted by Gasteiger charge is 2.16. The zero-order valence-corrected chi connectivity index (χ0v) is 12.4. The van der Waals surface area contributed by atoms with Crippen LogP contribution in [0.25, 0.3) is 0 Å². The third-order valence-electron chi connectivity index (χ3n) is 2.75. The highest BCUT2D eigenvalue weighted by atomic mass is 35.5. The molecule has 0 radical (unpaired) electrons. The van der Waals surface area contributed by atoms with Crippen LogP contribution in [0.2, 0.25) is 5.02 Å². The van der Waals surface area contributed by atoms with E-state index in [0.717, 1.165) is 5.56 Å². The summed E-state index contributed by atoms with van der Waals surface area (Å²) in [7, 11) is 0.665. The van der Waals surface area contributed by atoms with Gasteiger partial charge in [-0.3, -0.25) is 0 Å². The molecule has 0 aliphatic carbocycles. The Morgan fingerprint density at radius 2 is 1.83 bits per heavy atom. The summed E-state index contributed by atoms with van der Waals surface area (Å²) in [6.07, 6.45) is 0. The minimum absolute atomic E-state index is 0.0106. The molecule has 0 bridgehead atoms. The van der Waals surface area contributed by atoms with Gasteiger partial charge < -0.3 is 4.90 Å². The predicted molar refractivity (Wildman–Crippen MR) is 75.3 cm³/mol. The standard InChI is InChI=1S/C12H19ClN2O2S/c1-4-18(16,17)14-9-12(15(2)3)10-5-7-11(13)8-6-10/h5-8,12,14H,4,9H2,1-3H3. The molecule has 1 aromatic carbocycles. The van der Waals surface area contributed by atoms with Crippen LogP contribution < -0.4 is 4.72 Å². The molecular formula is C12H19ClN2O2S. The lowest BCUT2D eigenvalue weighted by Crippen LogP contribution is -2.35. The molecule has 0 aliphatic rings. The van der Waals surface area contributed by atoms with Crippen LogP contribution in [0.1, 0.15) is 18.5 Å². The number of hydrogen-bond acceptors (Lipinski definition) is 3. The average molecular weight is 291 g/mol. The van der Waals surface area contributed by atoms with Gasteiger partial charge in [-0.05, 0) is 38.7 Å².